The number of rotatable bonds is 5. The second-order valence-electron chi connectivity index (χ2n) is 4.32. The van der Waals surface area contributed by atoms with Gasteiger partial charge in [-0.25, -0.2) is 4.39 Å². The average Bonchev–Trinajstić information content (AvgIpc) is 2.47. The van der Waals surface area contributed by atoms with Crippen LogP contribution in [0.2, 0.25) is 5.02 Å². The van der Waals surface area contributed by atoms with Crippen LogP contribution in [0.5, 0.6) is 5.75 Å². The highest BCUT2D eigenvalue weighted by atomic mass is 35.5. The van der Waals surface area contributed by atoms with E-state index in [9.17, 15) is 9.18 Å². The lowest BCUT2D eigenvalue weighted by Crippen LogP contribution is -2.26. The summed E-state index contributed by atoms with van der Waals surface area (Å²) in [5.41, 5.74) is 0.581. The van der Waals surface area contributed by atoms with E-state index < -0.39 is 11.9 Å². The Hall–Kier alpha value is -1.87. The second kappa shape index (κ2) is 6.53. The highest BCUT2D eigenvalue weighted by Gasteiger charge is 2.21. The van der Waals surface area contributed by atoms with Crippen molar-refractivity contribution >= 4 is 17.4 Å². The number of ether oxygens (including phenoxy) is 1. The molecule has 4 heteroatoms. The highest BCUT2D eigenvalue weighted by molar-refractivity contribution is 6.32. The van der Waals surface area contributed by atoms with Crippen molar-refractivity contribution in [1.82, 2.24) is 0 Å². The molecule has 0 amide bonds. The van der Waals surface area contributed by atoms with Crippen LogP contribution in [0.4, 0.5) is 4.39 Å². The molecule has 0 bridgehead atoms. The zero-order valence-electron chi connectivity index (χ0n) is 11.0. The van der Waals surface area contributed by atoms with E-state index in [1.807, 2.05) is 13.0 Å². The zero-order valence-corrected chi connectivity index (χ0v) is 11.7. The fourth-order valence-corrected chi connectivity index (χ4v) is 2.05. The van der Waals surface area contributed by atoms with E-state index in [1.165, 1.54) is 12.1 Å². The molecule has 2 rings (SSSR count). The fourth-order valence-electron chi connectivity index (χ4n) is 1.83. The molecule has 0 spiro atoms. The highest BCUT2D eigenvalue weighted by Crippen LogP contribution is 2.27. The molecule has 2 aromatic rings. The first-order valence-electron chi connectivity index (χ1n) is 6.32. The Morgan fingerprint density at radius 3 is 2.55 bits per heavy atom. The molecule has 20 heavy (non-hydrogen) atoms. The Balaban J connectivity index is 2.19. The predicted molar refractivity (Wildman–Crippen MR) is 76.9 cm³/mol. The molecular weight excluding hydrogens is 279 g/mol. The van der Waals surface area contributed by atoms with Gasteiger partial charge in [0.25, 0.3) is 0 Å². The summed E-state index contributed by atoms with van der Waals surface area (Å²) < 4.78 is 18.6. The van der Waals surface area contributed by atoms with Crippen LogP contribution in [0.1, 0.15) is 23.7 Å². The average molecular weight is 293 g/mol. The van der Waals surface area contributed by atoms with Gasteiger partial charge in [-0.05, 0) is 24.6 Å². The molecule has 0 aromatic heterocycles. The molecule has 0 N–H and O–H groups in total. The molecule has 0 aliphatic heterocycles. The van der Waals surface area contributed by atoms with Gasteiger partial charge in [0, 0.05) is 5.56 Å². The van der Waals surface area contributed by atoms with Crippen molar-refractivity contribution in [3.05, 3.63) is 64.9 Å². The van der Waals surface area contributed by atoms with E-state index >= 15 is 0 Å². The van der Waals surface area contributed by atoms with Crippen molar-refractivity contribution in [3.63, 3.8) is 0 Å². The fraction of sp³-hybridized carbons (Fsp3) is 0.188. The molecule has 1 unspecified atom stereocenters. The number of benzene rings is 2. The van der Waals surface area contributed by atoms with Gasteiger partial charge in [0.15, 0.2) is 6.10 Å². The van der Waals surface area contributed by atoms with Crippen molar-refractivity contribution in [2.24, 2.45) is 0 Å². The molecule has 0 saturated carbocycles. The number of Topliss-reactive ketones (excluding diaryl/α,β-unsaturated/α-hetero) is 1. The summed E-state index contributed by atoms with van der Waals surface area (Å²) in [5, 5.41) is 0.157. The summed E-state index contributed by atoms with van der Waals surface area (Å²) in [6.07, 6.45) is -0.137. The summed E-state index contributed by atoms with van der Waals surface area (Å²) in [7, 11) is 0. The Labute approximate surface area is 122 Å². The largest absolute Gasteiger partial charge is 0.481 e. The van der Waals surface area contributed by atoms with Gasteiger partial charge in [-0.2, -0.15) is 0 Å². The normalized spacial score (nSPS) is 11.9. The maximum atomic E-state index is 13.0. The molecule has 0 saturated heterocycles. The Kier molecular flexibility index (Phi) is 4.74. The summed E-state index contributed by atoms with van der Waals surface area (Å²) in [6.45, 7) is 1.85. The molecular formula is C16H14ClFO2. The SMILES string of the molecule is CCC(Oc1ccc(F)cc1Cl)C(=O)c1ccccc1. The van der Waals surface area contributed by atoms with Crippen LogP contribution in [0, 0.1) is 5.82 Å². The first-order valence-corrected chi connectivity index (χ1v) is 6.70. The molecule has 0 aliphatic rings. The van der Waals surface area contributed by atoms with Gasteiger partial charge in [0.1, 0.15) is 11.6 Å². The standard InChI is InChI=1S/C16H14ClFO2/c1-2-14(16(19)11-6-4-3-5-7-11)20-15-9-8-12(18)10-13(15)17/h3-10,14H,2H2,1H3. The summed E-state index contributed by atoms with van der Waals surface area (Å²) in [5.74, 6) is -0.248. The quantitative estimate of drug-likeness (QED) is 0.757. The topological polar surface area (TPSA) is 26.3 Å². The zero-order chi connectivity index (χ0) is 14.5. The molecule has 2 nitrogen and oxygen atoms in total. The maximum Gasteiger partial charge on any atom is 0.203 e. The summed E-state index contributed by atoms with van der Waals surface area (Å²) >= 11 is 5.90. The van der Waals surface area contributed by atoms with Gasteiger partial charge in [-0.1, -0.05) is 48.9 Å². The Bertz CT molecular complexity index is 599. The van der Waals surface area contributed by atoms with Crippen molar-refractivity contribution in [3.8, 4) is 5.75 Å². The molecule has 104 valence electrons. The van der Waals surface area contributed by atoms with Gasteiger partial charge in [0.2, 0.25) is 5.78 Å². The van der Waals surface area contributed by atoms with Gasteiger partial charge >= 0.3 is 0 Å². The maximum absolute atomic E-state index is 13.0. The van der Waals surface area contributed by atoms with Crippen molar-refractivity contribution < 1.29 is 13.9 Å². The van der Waals surface area contributed by atoms with Crippen molar-refractivity contribution in [2.75, 3.05) is 0 Å². The molecule has 1 atom stereocenters. The monoisotopic (exact) mass is 292 g/mol. The Morgan fingerprint density at radius 1 is 1.25 bits per heavy atom. The lowest BCUT2D eigenvalue weighted by atomic mass is 10.0. The lowest BCUT2D eigenvalue weighted by molar-refractivity contribution is 0.0787. The molecule has 0 heterocycles. The van der Waals surface area contributed by atoms with E-state index in [0.717, 1.165) is 6.07 Å². The van der Waals surface area contributed by atoms with Gasteiger partial charge < -0.3 is 4.74 Å². The van der Waals surface area contributed by atoms with E-state index in [2.05, 4.69) is 0 Å². The van der Waals surface area contributed by atoms with Crippen LogP contribution in [0.15, 0.2) is 48.5 Å². The van der Waals surface area contributed by atoms with E-state index in [4.69, 9.17) is 16.3 Å². The number of hydrogen-bond donors (Lipinski definition) is 0. The molecule has 0 radical (unpaired) electrons. The number of carbonyl (C=O) groups is 1. The van der Waals surface area contributed by atoms with Crippen LogP contribution in [0.3, 0.4) is 0 Å². The van der Waals surface area contributed by atoms with Gasteiger partial charge in [0.05, 0.1) is 5.02 Å². The summed E-state index contributed by atoms with van der Waals surface area (Å²) in [6, 6.07) is 12.8. The van der Waals surface area contributed by atoms with Crippen molar-refractivity contribution in [1.29, 1.82) is 0 Å². The van der Waals surface area contributed by atoms with Crippen LogP contribution in [-0.2, 0) is 0 Å². The number of carbonyl (C=O) groups excluding carboxylic acids is 1. The third-order valence-electron chi connectivity index (χ3n) is 2.88. The molecule has 2 aromatic carbocycles. The smallest absolute Gasteiger partial charge is 0.203 e. The minimum atomic E-state index is -0.639. The van der Waals surface area contributed by atoms with E-state index in [1.54, 1.807) is 24.3 Å². The summed E-state index contributed by atoms with van der Waals surface area (Å²) in [4.78, 5) is 12.3. The predicted octanol–water partition coefficient (Wildman–Crippen LogP) is 4.52. The minimum Gasteiger partial charge on any atom is -0.481 e. The van der Waals surface area contributed by atoms with E-state index in [0.29, 0.717) is 17.7 Å². The Morgan fingerprint density at radius 2 is 1.95 bits per heavy atom. The third kappa shape index (κ3) is 3.36. The van der Waals surface area contributed by atoms with Crippen LogP contribution in [0.25, 0.3) is 0 Å². The van der Waals surface area contributed by atoms with E-state index in [-0.39, 0.29) is 10.8 Å². The number of ketones is 1. The second-order valence-corrected chi connectivity index (χ2v) is 4.73. The van der Waals surface area contributed by atoms with Gasteiger partial charge in [-0.15, -0.1) is 0 Å². The molecule has 0 aliphatic carbocycles. The van der Waals surface area contributed by atoms with Crippen LogP contribution < -0.4 is 4.74 Å². The third-order valence-corrected chi connectivity index (χ3v) is 3.18. The first kappa shape index (κ1) is 14.5. The molecule has 0 fully saturated rings. The lowest BCUT2D eigenvalue weighted by Gasteiger charge is -2.17. The van der Waals surface area contributed by atoms with Crippen LogP contribution >= 0.6 is 11.6 Å². The first-order chi connectivity index (χ1) is 9.61. The van der Waals surface area contributed by atoms with Crippen molar-refractivity contribution in [2.45, 2.75) is 19.4 Å². The number of halogens is 2. The number of hydrogen-bond acceptors (Lipinski definition) is 2. The van der Waals surface area contributed by atoms with Crippen LogP contribution in [-0.4, -0.2) is 11.9 Å². The minimum absolute atomic E-state index is 0.117. The van der Waals surface area contributed by atoms with Gasteiger partial charge in [-0.3, -0.25) is 4.79 Å².